The monoisotopic (exact) mass is 410 g/mol. The molecular weight excluding hydrogens is 382 g/mol. The maximum absolute atomic E-state index is 13.3. The molecule has 0 atom stereocenters. The van der Waals surface area contributed by atoms with E-state index in [4.69, 9.17) is 9.72 Å². The van der Waals surface area contributed by atoms with Crippen LogP contribution in [0.25, 0.3) is 10.2 Å². The van der Waals surface area contributed by atoms with Gasteiger partial charge in [-0.15, -0.1) is 0 Å². The molecular formula is C23H28N3O2S+. The molecule has 4 rings (SSSR count). The molecule has 0 unspecified atom stereocenters. The number of nitrogens with zero attached hydrogens (tertiary/aromatic N) is 2. The molecule has 0 radical (unpaired) electrons. The van der Waals surface area contributed by atoms with Gasteiger partial charge in [0, 0.05) is 18.5 Å². The number of aryl methyl sites for hydroxylation is 1. The van der Waals surface area contributed by atoms with Crippen LogP contribution >= 0.6 is 11.3 Å². The SMILES string of the molecule is CCc1ccc2nc(N(CCC[NH+]3CCOCC3)C(=O)c3ccccc3)sc2c1. The van der Waals surface area contributed by atoms with Crippen LogP contribution in [0.5, 0.6) is 0 Å². The zero-order chi connectivity index (χ0) is 20.1. The van der Waals surface area contributed by atoms with Crippen molar-refractivity contribution in [1.82, 2.24) is 4.98 Å². The van der Waals surface area contributed by atoms with E-state index in [1.807, 2.05) is 35.2 Å². The number of rotatable bonds is 7. The van der Waals surface area contributed by atoms with E-state index in [0.717, 1.165) is 61.0 Å². The normalized spacial score (nSPS) is 14.9. The topological polar surface area (TPSA) is 46.9 Å². The standard InChI is InChI=1S/C23H27N3O2S/c1-2-18-9-10-20-21(17-18)29-23(24-20)26(22(27)19-7-4-3-5-8-19)12-6-11-25-13-15-28-16-14-25/h3-5,7-10,17H,2,6,11-16H2,1H3/p+1. The minimum Gasteiger partial charge on any atom is -0.370 e. The first-order chi connectivity index (χ1) is 14.2. The number of aromatic nitrogens is 1. The van der Waals surface area contributed by atoms with Crippen LogP contribution in [0.15, 0.2) is 48.5 Å². The maximum atomic E-state index is 13.3. The number of anilines is 1. The number of amides is 1. The van der Waals surface area contributed by atoms with Gasteiger partial charge in [-0.3, -0.25) is 9.69 Å². The quantitative estimate of drug-likeness (QED) is 0.652. The summed E-state index contributed by atoms with van der Waals surface area (Å²) in [6, 6.07) is 15.9. The van der Waals surface area contributed by atoms with E-state index in [1.165, 1.54) is 5.56 Å². The molecule has 1 aliphatic heterocycles. The number of thiazole rings is 1. The molecule has 1 N–H and O–H groups in total. The highest BCUT2D eigenvalue weighted by molar-refractivity contribution is 7.22. The highest BCUT2D eigenvalue weighted by atomic mass is 32.1. The minimum absolute atomic E-state index is 0.0253. The van der Waals surface area contributed by atoms with Crippen molar-refractivity contribution in [1.29, 1.82) is 0 Å². The third-order valence-electron chi connectivity index (χ3n) is 5.46. The van der Waals surface area contributed by atoms with Gasteiger partial charge in [0.15, 0.2) is 5.13 Å². The molecule has 0 spiro atoms. The summed E-state index contributed by atoms with van der Waals surface area (Å²) in [6.07, 6.45) is 1.95. The predicted octanol–water partition coefficient (Wildman–Crippen LogP) is 2.81. The van der Waals surface area contributed by atoms with Crippen LogP contribution in [0.2, 0.25) is 0 Å². The first kappa shape index (κ1) is 20.0. The number of hydrogen-bond donors (Lipinski definition) is 1. The molecule has 0 aliphatic carbocycles. The minimum atomic E-state index is 0.0253. The maximum Gasteiger partial charge on any atom is 0.260 e. The lowest BCUT2D eigenvalue weighted by atomic mass is 10.2. The molecule has 0 bridgehead atoms. The molecule has 29 heavy (non-hydrogen) atoms. The van der Waals surface area contributed by atoms with Gasteiger partial charge in [0.1, 0.15) is 13.1 Å². The van der Waals surface area contributed by atoms with Crippen molar-refractivity contribution in [3.63, 3.8) is 0 Å². The van der Waals surface area contributed by atoms with Crippen LogP contribution in [0.4, 0.5) is 5.13 Å². The van der Waals surface area contributed by atoms with Crippen LogP contribution in [0.1, 0.15) is 29.3 Å². The van der Waals surface area contributed by atoms with Gasteiger partial charge in [0.25, 0.3) is 5.91 Å². The lowest BCUT2D eigenvalue weighted by molar-refractivity contribution is -0.908. The third kappa shape index (κ3) is 4.83. The molecule has 0 saturated carbocycles. The Morgan fingerprint density at radius 1 is 1.17 bits per heavy atom. The van der Waals surface area contributed by atoms with Gasteiger partial charge < -0.3 is 9.64 Å². The van der Waals surface area contributed by atoms with E-state index in [0.29, 0.717) is 12.1 Å². The lowest BCUT2D eigenvalue weighted by Crippen LogP contribution is -3.14. The van der Waals surface area contributed by atoms with Crippen molar-refractivity contribution in [2.45, 2.75) is 19.8 Å². The summed E-state index contributed by atoms with van der Waals surface area (Å²) >= 11 is 1.61. The van der Waals surface area contributed by atoms with E-state index in [2.05, 4.69) is 25.1 Å². The first-order valence-corrected chi connectivity index (χ1v) is 11.2. The van der Waals surface area contributed by atoms with Gasteiger partial charge in [0.05, 0.1) is 30.0 Å². The van der Waals surface area contributed by atoms with Crippen molar-refractivity contribution >= 4 is 32.6 Å². The Hall–Kier alpha value is -2.28. The van der Waals surface area contributed by atoms with E-state index < -0.39 is 0 Å². The summed E-state index contributed by atoms with van der Waals surface area (Å²) in [5.74, 6) is 0.0253. The summed E-state index contributed by atoms with van der Waals surface area (Å²) in [5.41, 5.74) is 2.97. The Morgan fingerprint density at radius 3 is 2.72 bits per heavy atom. The fourth-order valence-electron chi connectivity index (χ4n) is 3.71. The fourth-order valence-corrected chi connectivity index (χ4v) is 4.76. The number of fused-ring (bicyclic) bond motifs is 1. The van der Waals surface area contributed by atoms with Crippen LogP contribution in [0, 0.1) is 0 Å². The molecule has 5 nitrogen and oxygen atoms in total. The highest BCUT2D eigenvalue weighted by Crippen LogP contribution is 2.30. The van der Waals surface area contributed by atoms with Crippen molar-refractivity contribution in [3.05, 3.63) is 59.7 Å². The number of ether oxygens (including phenoxy) is 1. The Morgan fingerprint density at radius 2 is 1.97 bits per heavy atom. The molecule has 1 aliphatic rings. The van der Waals surface area contributed by atoms with Crippen LogP contribution in [-0.2, 0) is 11.2 Å². The average Bonchev–Trinajstić information content (AvgIpc) is 3.20. The number of hydrogen-bond acceptors (Lipinski definition) is 4. The largest absolute Gasteiger partial charge is 0.370 e. The van der Waals surface area contributed by atoms with Crippen molar-refractivity contribution in [2.24, 2.45) is 0 Å². The second-order valence-corrected chi connectivity index (χ2v) is 8.45. The molecule has 2 heterocycles. The van der Waals surface area contributed by atoms with Gasteiger partial charge >= 0.3 is 0 Å². The third-order valence-corrected chi connectivity index (χ3v) is 6.50. The predicted molar refractivity (Wildman–Crippen MR) is 118 cm³/mol. The number of nitrogens with one attached hydrogen (secondary N) is 1. The van der Waals surface area contributed by atoms with Gasteiger partial charge in [-0.05, 0) is 36.2 Å². The second kappa shape index (κ2) is 9.48. The molecule has 1 fully saturated rings. The second-order valence-electron chi connectivity index (χ2n) is 7.44. The Balaban J connectivity index is 1.56. The molecule has 6 heteroatoms. The molecule has 2 aromatic carbocycles. The van der Waals surface area contributed by atoms with Crippen molar-refractivity contribution in [2.75, 3.05) is 44.3 Å². The summed E-state index contributed by atoms with van der Waals surface area (Å²) in [6.45, 7) is 7.65. The molecule has 1 aromatic heterocycles. The van der Waals surface area contributed by atoms with E-state index in [9.17, 15) is 4.79 Å². The van der Waals surface area contributed by atoms with Gasteiger partial charge in [0.2, 0.25) is 0 Å². The number of benzene rings is 2. The molecule has 1 amide bonds. The summed E-state index contributed by atoms with van der Waals surface area (Å²) in [4.78, 5) is 21.5. The molecule has 1 saturated heterocycles. The fraction of sp³-hybridized carbons (Fsp3) is 0.391. The average molecular weight is 411 g/mol. The van der Waals surface area contributed by atoms with E-state index in [-0.39, 0.29) is 5.91 Å². The number of carbonyl (C=O) groups excluding carboxylic acids is 1. The zero-order valence-corrected chi connectivity index (χ0v) is 17.7. The smallest absolute Gasteiger partial charge is 0.260 e. The summed E-state index contributed by atoms with van der Waals surface area (Å²) in [5, 5.41) is 0.791. The molecule has 152 valence electrons. The van der Waals surface area contributed by atoms with Crippen LogP contribution < -0.4 is 9.80 Å². The van der Waals surface area contributed by atoms with Crippen LogP contribution in [-0.4, -0.2) is 50.3 Å². The van der Waals surface area contributed by atoms with E-state index in [1.54, 1.807) is 16.2 Å². The summed E-state index contributed by atoms with van der Waals surface area (Å²) < 4.78 is 6.59. The van der Waals surface area contributed by atoms with Crippen LogP contribution in [0.3, 0.4) is 0 Å². The van der Waals surface area contributed by atoms with Gasteiger partial charge in [-0.1, -0.05) is 42.5 Å². The Labute approximate surface area is 175 Å². The zero-order valence-electron chi connectivity index (χ0n) is 16.9. The van der Waals surface area contributed by atoms with Gasteiger partial charge in [-0.2, -0.15) is 0 Å². The lowest BCUT2D eigenvalue weighted by Gasteiger charge is -2.25. The number of morpholine rings is 1. The van der Waals surface area contributed by atoms with Crippen molar-refractivity contribution in [3.8, 4) is 0 Å². The Bertz CT molecular complexity index is 951. The highest BCUT2D eigenvalue weighted by Gasteiger charge is 2.22. The van der Waals surface area contributed by atoms with Crippen molar-refractivity contribution < 1.29 is 14.4 Å². The van der Waals surface area contributed by atoms with Gasteiger partial charge in [-0.25, -0.2) is 4.98 Å². The first-order valence-electron chi connectivity index (χ1n) is 10.4. The Kier molecular flexibility index (Phi) is 6.54. The van der Waals surface area contributed by atoms with E-state index >= 15 is 0 Å². The number of carbonyl (C=O) groups is 1. The molecule has 3 aromatic rings. The summed E-state index contributed by atoms with van der Waals surface area (Å²) in [7, 11) is 0. The number of quaternary nitrogens is 1.